The van der Waals surface area contributed by atoms with Gasteiger partial charge in [-0.05, 0) is 5.21 Å². The van der Waals surface area contributed by atoms with Crippen molar-refractivity contribution < 1.29 is 52.8 Å². The molecule has 0 radical (unpaired) electrons. The zero-order valence-corrected chi connectivity index (χ0v) is 7.04. The van der Waals surface area contributed by atoms with Crippen molar-refractivity contribution in [3.63, 3.8) is 0 Å². The van der Waals surface area contributed by atoms with E-state index < -0.39 is 0 Å². The molecule has 0 saturated carbocycles. The van der Waals surface area contributed by atoms with Crippen LogP contribution in [0.1, 0.15) is 1.43 Å². The minimum Gasteiger partial charge on any atom is -1.00 e. The molecule has 0 saturated heterocycles. The Balaban J connectivity index is 0. The number of hydrogen-bond acceptors (Lipinski definition) is 4. The third-order valence-corrected chi connectivity index (χ3v) is 0.362. The summed E-state index contributed by atoms with van der Waals surface area (Å²) in [6, 6.07) is 0. The summed E-state index contributed by atoms with van der Waals surface area (Å²) < 4.78 is 0. The molecule has 3 N–H and O–H groups in total. The van der Waals surface area contributed by atoms with E-state index in [-0.39, 0.29) is 58.8 Å². The molecule has 0 aliphatic rings. The van der Waals surface area contributed by atoms with Crippen molar-refractivity contribution in [2.24, 2.45) is 0 Å². The molecule has 0 amide bonds. The Labute approximate surface area is 84.0 Å². The van der Waals surface area contributed by atoms with Gasteiger partial charge < -0.3 is 7.16 Å². The minimum atomic E-state index is 0. The number of hydrogen-bond donors (Lipinski definition) is 2. The van der Waals surface area contributed by atoms with Gasteiger partial charge in [0, 0.05) is 0 Å². The first-order chi connectivity index (χ1) is 2.89. The molecule has 5 nitrogen and oxygen atoms in total. The van der Waals surface area contributed by atoms with Gasteiger partial charge in [-0.3, -0.25) is 0 Å². The Bertz CT molecular complexity index is 116. The van der Waals surface area contributed by atoms with Gasteiger partial charge in [0.1, 0.15) is 0 Å². The number of tetrazole rings is 1. The van der Waals surface area contributed by atoms with E-state index in [4.69, 9.17) is 5.73 Å². The zero-order chi connectivity index (χ0) is 4.41. The van der Waals surface area contributed by atoms with E-state index in [1.165, 1.54) is 0 Å². The Morgan fingerprint density at radius 1 is 1.71 bits per heavy atom. The normalized spacial score (nSPS) is 7.43. The van der Waals surface area contributed by atoms with Gasteiger partial charge in [0.15, 0.2) is 0 Å². The third-order valence-electron chi connectivity index (χ3n) is 0.362. The Morgan fingerprint density at radius 2 is 2.43 bits per heavy atom. The van der Waals surface area contributed by atoms with Gasteiger partial charge in [0.05, 0.1) is 0 Å². The molecule has 0 aromatic carbocycles. The summed E-state index contributed by atoms with van der Waals surface area (Å²) in [7, 11) is 0. The third kappa shape index (κ3) is 2.34. The number of nitrogens with zero attached hydrogens (tertiary/aromatic N) is 3. The van der Waals surface area contributed by atoms with E-state index in [1.54, 1.807) is 0 Å². The zero-order valence-electron chi connectivity index (χ0n) is 4.92. The first kappa shape index (κ1) is 7.51. The molecule has 0 aliphatic heterocycles. The molecule has 1 aromatic rings. The van der Waals surface area contributed by atoms with Crippen LogP contribution in [-0.4, -0.2) is 20.6 Å². The van der Waals surface area contributed by atoms with Gasteiger partial charge in [-0.15, -0.1) is 5.10 Å². The summed E-state index contributed by atoms with van der Waals surface area (Å²) in [5.41, 5.74) is 4.96. The standard InChI is InChI=1S/CH3N5.K.H/c2-1-3-5-6-4-1;;/h(H3,2,3,4,5,6);;/q;+1;-1. The SMILES string of the molecule is Nc1nn[nH]n1.[H-].[K+]. The fourth-order valence-electron chi connectivity index (χ4n) is 0.170. The summed E-state index contributed by atoms with van der Waals surface area (Å²) in [5, 5.41) is 12.0. The van der Waals surface area contributed by atoms with Crippen molar-refractivity contribution in [3.8, 4) is 0 Å². The van der Waals surface area contributed by atoms with Crippen molar-refractivity contribution in [1.82, 2.24) is 20.6 Å². The van der Waals surface area contributed by atoms with Crippen LogP contribution >= 0.6 is 0 Å². The quantitative estimate of drug-likeness (QED) is 0.345. The van der Waals surface area contributed by atoms with Crippen LogP contribution < -0.4 is 57.1 Å². The Kier molecular flexibility index (Phi) is 3.75. The number of aromatic amines is 1. The maximum absolute atomic E-state index is 4.96. The van der Waals surface area contributed by atoms with Crippen LogP contribution in [-0.2, 0) is 0 Å². The fraction of sp³-hybridized carbons (Fsp3) is 0. The van der Waals surface area contributed by atoms with Gasteiger partial charge in [-0.2, -0.15) is 5.21 Å². The number of H-pyrrole nitrogens is 1. The maximum Gasteiger partial charge on any atom is 1.00 e. The molecule has 0 unspecified atom stereocenters. The minimum absolute atomic E-state index is 0. The first-order valence-corrected chi connectivity index (χ1v) is 1.38. The summed E-state index contributed by atoms with van der Waals surface area (Å²) in [5.74, 6) is 0.176. The molecule has 1 aromatic heterocycles. The van der Waals surface area contributed by atoms with Gasteiger partial charge in [-0.25, -0.2) is 0 Å². The van der Waals surface area contributed by atoms with E-state index in [9.17, 15) is 0 Å². The summed E-state index contributed by atoms with van der Waals surface area (Å²) in [6.45, 7) is 0. The van der Waals surface area contributed by atoms with E-state index >= 15 is 0 Å². The maximum atomic E-state index is 4.96. The van der Waals surface area contributed by atoms with Crippen molar-refractivity contribution >= 4 is 5.95 Å². The van der Waals surface area contributed by atoms with E-state index in [2.05, 4.69) is 20.6 Å². The van der Waals surface area contributed by atoms with Crippen molar-refractivity contribution in [2.75, 3.05) is 5.73 Å². The van der Waals surface area contributed by atoms with Crippen LogP contribution in [0.25, 0.3) is 0 Å². The second-order valence-electron chi connectivity index (χ2n) is 0.770. The van der Waals surface area contributed by atoms with E-state index in [1.807, 2.05) is 0 Å². The molecule has 0 bridgehead atoms. The number of nitrogens with one attached hydrogen (secondary N) is 1. The monoisotopic (exact) mass is 125 g/mol. The van der Waals surface area contributed by atoms with Gasteiger partial charge in [-0.1, -0.05) is 5.10 Å². The topological polar surface area (TPSA) is 80.5 Å². The molecule has 0 spiro atoms. The van der Waals surface area contributed by atoms with Gasteiger partial charge in [0.2, 0.25) is 0 Å². The average molecular weight is 125 g/mol. The van der Waals surface area contributed by atoms with Gasteiger partial charge >= 0.3 is 51.4 Å². The number of nitrogen functional groups attached to an aromatic ring is 1. The molecule has 6 heteroatoms. The Hall–Kier alpha value is 0.506. The summed E-state index contributed by atoms with van der Waals surface area (Å²) >= 11 is 0. The van der Waals surface area contributed by atoms with Crippen molar-refractivity contribution in [3.05, 3.63) is 0 Å². The van der Waals surface area contributed by atoms with Crippen LogP contribution in [0.4, 0.5) is 5.95 Å². The predicted molar refractivity (Wildman–Crippen MR) is 19.7 cm³/mol. The number of rotatable bonds is 0. The molecule has 7 heavy (non-hydrogen) atoms. The van der Waals surface area contributed by atoms with Crippen LogP contribution in [0.2, 0.25) is 0 Å². The Morgan fingerprint density at radius 3 is 2.57 bits per heavy atom. The molecular weight excluding hydrogens is 121 g/mol. The fourth-order valence-corrected chi connectivity index (χ4v) is 0.170. The predicted octanol–water partition coefficient (Wildman–Crippen LogP) is -4.10. The second kappa shape index (κ2) is 3.50. The van der Waals surface area contributed by atoms with Crippen LogP contribution in [0.15, 0.2) is 0 Å². The van der Waals surface area contributed by atoms with Crippen LogP contribution in [0.3, 0.4) is 0 Å². The van der Waals surface area contributed by atoms with Crippen LogP contribution in [0.5, 0.6) is 0 Å². The average Bonchev–Trinajstić information content (AvgIpc) is 1.86. The smallest absolute Gasteiger partial charge is 1.00 e. The molecule has 34 valence electrons. The molecule has 1 heterocycles. The van der Waals surface area contributed by atoms with Crippen LogP contribution in [0, 0.1) is 0 Å². The molecule has 0 atom stereocenters. The molecular formula is CH4KN5. The molecule has 0 aliphatic carbocycles. The summed E-state index contributed by atoms with van der Waals surface area (Å²) in [4.78, 5) is 0. The number of aromatic nitrogens is 4. The van der Waals surface area contributed by atoms with Gasteiger partial charge in [0.25, 0.3) is 5.95 Å². The van der Waals surface area contributed by atoms with Crippen molar-refractivity contribution in [1.29, 1.82) is 0 Å². The van der Waals surface area contributed by atoms with E-state index in [0.29, 0.717) is 0 Å². The summed E-state index contributed by atoms with van der Waals surface area (Å²) in [6.07, 6.45) is 0. The molecule has 1 rings (SSSR count). The number of nitrogens with two attached hydrogens (primary N) is 1. The second-order valence-corrected chi connectivity index (χ2v) is 0.770. The van der Waals surface area contributed by atoms with Crippen molar-refractivity contribution in [2.45, 2.75) is 0 Å². The van der Waals surface area contributed by atoms with E-state index in [0.717, 1.165) is 0 Å². The number of anilines is 1. The molecule has 0 fully saturated rings. The first-order valence-electron chi connectivity index (χ1n) is 1.38. The largest absolute Gasteiger partial charge is 1.00 e.